The normalized spacial score (nSPS) is 1.00. The molecule has 0 spiro atoms. The van der Waals surface area contributed by atoms with Crippen molar-refractivity contribution in [3.63, 3.8) is 0 Å². The van der Waals surface area contributed by atoms with E-state index in [0.29, 0.717) is 0 Å². The van der Waals surface area contributed by atoms with Crippen LogP contribution in [0.15, 0.2) is 0 Å². The Kier molecular flexibility index (Phi) is 280. The fourth-order valence-corrected chi connectivity index (χ4v) is 0. The monoisotopic (exact) mass is 306 g/mol. The van der Waals surface area contributed by atoms with E-state index in [0.717, 1.165) is 0 Å². The maximum Gasteiger partial charge on any atom is 2.00 e. The van der Waals surface area contributed by atoms with Gasteiger partial charge in [-0.1, -0.05) is 0 Å². The number of rotatable bonds is 0. The minimum absolute atomic E-state index is 0. The second-order valence-corrected chi connectivity index (χ2v) is 0. The molecule has 0 aliphatic carbocycles. The van der Waals surface area contributed by atoms with Crippen molar-refractivity contribution in [2.75, 3.05) is 0 Å². The quantitative estimate of drug-likeness (QED) is 0.471. The van der Waals surface area contributed by atoms with Crippen molar-refractivity contribution in [1.29, 1.82) is 0 Å². The average Bonchev–Trinajstić information content (AvgIpc) is 1.00. The molecule has 0 saturated heterocycles. The molecule has 0 bridgehead atoms. The van der Waals surface area contributed by atoms with E-state index in [1.807, 2.05) is 0 Å². The van der Waals surface area contributed by atoms with Gasteiger partial charge in [-0.2, -0.15) is 0 Å². The Hall–Kier alpha value is 2.83. The maximum atomic E-state index is 2.33. The Balaban J connectivity index is -0.0000000000909. The minimum atomic E-state index is 0. The van der Waals surface area contributed by atoms with Gasteiger partial charge in [0.1, 0.15) is 0 Å². The molecule has 2 unspecified atom stereocenters. The molecule has 0 rings (SSSR count). The number of hydrogen-bond acceptors (Lipinski definition) is 0. The predicted molar refractivity (Wildman–Crippen MR) is 28.2 cm³/mol. The molecule has 0 saturated carbocycles. The van der Waals surface area contributed by atoms with Gasteiger partial charge in [0.25, 0.3) is 0 Å². The van der Waals surface area contributed by atoms with Crippen LogP contribution in [0.25, 0.3) is 0 Å². The molecule has 0 aliphatic rings. The van der Waals surface area contributed by atoms with E-state index < -0.39 is 0 Å². The van der Waals surface area contributed by atoms with Gasteiger partial charge < -0.3 is 0 Å². The smallest absolute Gasteiger partial charge is 0.118 e. The Labute approximate surface area is 93.5 Å². The van der Waals surface area contributed by atoms with Crippen LogP contribution in [0.2, 0.25) is 0 Å². The van der Waals surface area contributed by atoms with Crippen molar-refractivity contribution in [3.8, 4) is 0 Å². The van der Waals surface area contributed by atoms with E-state index >= 15 is 0 Å². The molecule has 0 aliphatic heterocycles. The molecular weight excluding hydrogens is 297 g/mol. The molecule has 52 valence electrons. The van der Waals surface area contributed by atoms with Crippen LogP contribution in [0.1, 0.15) is 9.99 Å². The summed E-state index contributed by atoms with van der Waals surface area (Å²) in [4.78, 5) is 0. The van der Waals surface area contributed by atoms with Crippen LogP contribution in [-0.4, -0.2) is 0 Å². The zero-order chi connectivity index (χ0) is 2.00. The molecule has 0 N–H and O–H groups in total. The van der Waals surface area contributed by atoms with Gasteiger partial charge in [-0.05, 0) is 0 Å². The third kappa shape index (κ3) is 29.0. The standard InChI is InChI=1S/4Ni.H4P2.H2/c;;;;1-2;/h;;;;1-2H2;1H/q;;2*+2;;/p+6. The molecule has 0 amide bonds. The van der Waals surface area contributed by atoms with Crippen molar-refractivity contribution in [1.82, 2.24) is 0 Å². The summed E-state index contributed by atoms with van der Waals surface area (Å²) < 4.78 is 0. The first-order valence-corrected chi connectivity index (χ1v) is 3.00. The first kappa shape index (κ1) is 36.9. The van der Waals surface area contributed by atoms with Gasteiger partial charge in [0, 0.05) is 34.4 Å². The van der Waals surface area contributed by atoms with Crippen LogP contribution in [0.5, 0.6) is 0 Å². The van der Waals surface area contributed by atoms with E-state index in [4.69, 9.17) is 0 Å². The van der Waals surface area contributed by atoms with Crippen molar-refractivity contribution < 1.29 is 76.0 Å². The first-order chi connectivity index (χ1) is 1.00. The third-order valence-corrected chi connectivity index (χ3v) is 0. The van der Waals surface area contributed by atoms with E-state index in [-0.39, 0.29) is 76.0 Å². The molecular formula is H12Ni4P2+10. The average molecular weight is 309 g/mol. The Morgan fingerprint density at radius 2 is 1.00 bits per heavy atom. The van der Waals surface area contributed by atoms with Gasteiger partial charge in [0.05, 0.1) is 0 Å². The second-order valence-electron chi connectivity index (χ2n) is 0. The third-order valence-electron chi connectivity index (χ3n) is 0. The second kappa shape index (κ2) is 45.6. The molecule has 0 aromatic rings. The van der Waals surface area contributed by atoms with E-state index in [2.05, 4.69) is 17.9 Å². The van der Waals surface area contributed by atoms with Gasteiger partial charge in [-0.15, -0.1) is 17.9 Å². The van der Waals surface area contributed by atoms with Gasteiger partial charge in [0.15, 0.2) is 0 Å². The molecule has 0 fully saturated rings. The Morgan fingerprint density at radius 3 is 1.00 bits per heavy atom. The van der Waals surface area contributed by atoms with E-state index in [1.54, 1.807) is 0 Å². The van der Waals surface area contributed by atoms with Crippen LogP contribution in [0.4, 0.5) is 0 Å². The van der Waals surface area contributed by atoms with Crippen molar-refractivity contribution in [2.45, 2.75) is 0 Å². The molecule has 0 heterocycles. The van der Waals surface area contributed by atoms with E-state index in [9.17, 15) is 0 Å². The van der Waals surface area contributed by atoms with Gasteiger partial charge in [-0.25, -0.2) is 0 Å². The molecule has 6 heavy (non-hydrogen) atoms. The molecule has 6 heteroatoms. The van der Waals surface area contributed by atoms with Crippen LogP contribution in [-0.2, 0) is 66.0 Å². The molecule has 0 aromatic heterocycles. The minimum Gasteiger partial charge on any atom is -0.118 e. The number of hydrogen-bond donors (Lipinski definition) is 0. The fourth-order valence-electron chi connectivity index (χ4n) is 0. The topological polar surface area (TPSA) is 0 Å². The summed E-state index contributed by atoms with van der Waals surface area (Å²) in [7, 11) is 4.67. The molecule has 0 aromatic carbocycles. The Morgan fingerprint density at radius 1 is 1.00 bits per heavy atom. The van der Waals surface area contributed by atoms with Gasteiger partial charge in [-0.3, -0.25) is 0 Å². The van der Waals surface area contributed by atoms with Crippen molar-refractivity contribution in [3.05, 3.63) is 0 Å². The summed E-state index contributed by atoms with van der Waals surface area (Å²) in [6, 6.07) is 0. The van der Waals surface area contributed by atoms with E-state index in [1.165, 1.54) is 0 Å². The summed E-state index contributed by atoms with van der Waals surface area (Å²) in [5, 5.41) is 0. The Bertz CT molecular complexity index is 18.5. The largest absolute Gasteiger partial charge is 2.00 e. The summed E-state index contributed by atoms with van der Waals surface area (Å²) in [5.41, 5.74) is 0. The zero-order valence-electron chi connectivity index (χ0n) is 8.42. The molecule has 2 atom stereocenters. The van der Waals surface area contributed by atoms with Crippen LogP contribution < -0.4 is 0 Å². The maximum absolute atomic E-state index is 2.33. The van der Waals surface area contributed by atoms with Gasteiger partial charge in [0.2, 0.25) is 0 Å². The summed E-state index contributed by atoms with van der Waals surface area (Å²) in [6.45, 7) is 0. The molecule has 0 radical (unpaired) electrons. The predicted octanol–water partition coefficient (Wildman–Crippen LogP) is 1.56. The summed E-state index contributed by atoms with van der Waals surface area (Å²) in [5.74, 6) is 0. The SMILES string of the molecule is PP.[H+].[H+].[H+].[H+].[H+].[H+].[HH].[Ni+2].[Ni+2].[Ni].[Ni]. The van der Waals surface area contributed by atoms with Crippen molar-refractivity contribution >= 4 is 17.9 Å². The van der Waals surface area contributed by atoms with Crippen LogP contribution in [0.3, 0.4) is 0 Å². The summed E-state index contributed by atoms with van der Waals surface area (Å²) in [6.07, 6.45) is 0. The summed E-state index contributed by atoms with van der Waals surface area (Å²) >= 11 is 0. The zero-order valence-corrected chi connectivity index (χ0v) is 8.68. The van der Waals surface area contributed by atoms with Gasteiger partial charge >= 0.3 is 41.5 Å². The molecule has 0 nitrogen and oxygen atoms in total. The van der Waals surface area contributed by atoms with Crippen molar-refractivity contribution in [2.24, 2.45) is 0 Å². The van der Waals surface area contributed by atoms with Crippen LogP contribution in [0, 0.1) is 0 Å². The fraction of sp³-hybridized carbons (Fsp3) is 0. The van der Waals surface area contributed by atoms with Crippen LogP contribution >= 0.6 is 17.9 Å². The first-order valence-electron chi connectivity index (χ1n) is 0.333.